The lowest BCUT2D eigenvalue weighted by Gasteiger charge is -2.34. The van der Waals surface area contributed by atoms with E-state index in [0.717, 1.165) is 50.2 Å². The van der Waals surface area contributed by atoms with Gasteiger partial charge in [-0.1, -0.05) is 13.8 Å². The highest BCUT2D eigenvalue weighted by Crippen LogP contribution is 2.31. The standard InChI is InChI=1S/C17H26N6O/c1-4-13(5-2)23-12(3)14(10-20-23)17(24)22-9-7-6-8-15(22)16-18-11-19-21-16/h10-11,13,15H,4-9H2,1-3H3,(H,18,19,21)/t15-/m0/s1. The Bertz CT molecular complexity index is 673. The van der Waals surface area contributed by atoms with Gasteiger partial charge in [0.25, 0.3) is 5.91 Å². The van der Waals surface area contributed by atoms with Crippen LogP contribution in [-0.4, -0.2) is 42.3 Å². The molecule has 2 aromatic rings. The van der Waals surface area contributed by atoms with Crippen molar-refractivity contribution in [3.8, 4) is 0 Å². The summed E-state index contributed by atoms with van der Waals surface area (Å²) in [6, 6.07) is 0.322. The van der Waals surface area contributed by atoms with Crippen molar-refractivity contribution < 1.29 is 4.79 Å². The lowest BCUT2D eigenvalue weighted by atomic mass is 10.0. The lowest BCUT2D eigenvalue weighted by Crippen LogP contribution is -2.39. The summed E-state index contributed by atoms with van der Waals surface area (Å²) >= 11 is 0. The topological polar surface area (TPSA) is 79.7 Å². The van der Waals surface area contributed by atoms with Gasteiger partial charge < -0.3 is 4.90 Å². The molecule has 0 bridgehead atoms. The number of hydrogen-bond donors (Lipinski definition) is 1. The van der Waals surface area contributed by atoms with Gasteiger partial charge in [0, 0.05) is 12.2 Å². The Balaban J connectivity index is 1.87. The first-order valence-electron chi connectivity index (χ1n) is 8.87. The van der Waals surface area contributed by atoms with E-state index in [2.05, 4.69) is 34.1 Å². The van der Waals surface area contributed by atoms with Gasteiger partial charge >= 0.3 is 0 Å². The fourth-order valence-electron chi connectivity index (χ4n) is 3.63. The minimum Gasteiger partial charge on any atom is -0.328 e. The molecule has 1 aliphatic rings. The van der Waals surface area contributed by atoms with Crippen molar-refractivity contribution in [2.24, 2.45) is 0 Å². The van der Waals surface area contributed by atoms with Crippen molar-refractivity contribution >= 4 is 5.91 Å². The van der Waals surface area contributed by atoms with Crippen molar-refractivity contribution in [2.75, 3.05) is 6.54 Å². The molecule has 7 heteroatoms. The van der Waals surface area contributed by atoms with E-state index in [1.54, 1.807) is 6.20 Å². The molecule has 1 fully saturated rings. The van der Waals surface area contributed by atoms with Gasteiger partial charge in [-0.05, 0) is 39.0 Å². The number of aromatic amines is 1. The number of H-pyrrole nitrogens is 1. The Morgan fingerprint density at radius 1 is 1.38 bits per heavy atom. The Kier molecular flexibility index (Phi) is 4.97. The van der Waals surface area contributed by atoms with E-state index in [1.165, 1.54) is 6.33 Å². The predicted molar refractivity (Wildman–Crippen MR) is 90.6 cm³/mol. The summed E-state index contributed by atoms with van der Waals surface area (Å²) in [5.41, 5.74) is 1.66. The highest BCUT2D eigenvalue weighted by atomic mass is 16.2. The predicted octanol–water partition coefficient (Wildman–Crippen LogP) is 3.04. The SMILES string of the molecule is CCC(CC)n1ncc(C(=O)N2CCCC[C@H]2c2ncn[nH]2)c1C. The van der Waals surface area contributed by atoms with Gasteiger partial charge in [0.1, 0.15) is 12.2 Å². The second-order valence-corrected chi connectivity index (χ2v) is 6.44. The maximum absolute atomic E-state index is 13.1. The van der Waals surface area contributed by atoms with Gasteiger partial charge in [-0.15, -0.1) is 0 Å². The molecule has 0 aliphatic carbocycles. The smallest absolute Gasteiger partial charge is 0.257 e. The van der Waals surface area contributed by atoms with Crippen molar-refractivity contribution in [1.29, 1.82) is 0 Å². The largest absolute Gasteiger partial charge is 0.328 e. The molecular formula is C17H26N6O. The molecule has 1 aliphatic heterocycles. The van der Waals surface area contributed by atoms with Crippen LogP contribution in [0.1, 0.15) is 79.9 Å². The van der Waals surface area contributed by atoms with Crippen LogP contribution in [0.5, 0.6) is 0 Å². The van der Waals surface area contributed by atoms with Gasteiger partial charge in [-0.2, -0.15) is 10.2 Å². The van der Waals surface area contributed by atoms with Crippen LogP contribution in [0.4, 0.5) is 0 Å². The van der Waals surface area contributed by atoms with E-state index in [9.17, 15) is 4.79 Å². The summed E-state index contributed by atoms with van der Waals surface area (Å²) in [6.07, 6.45) is 8.29. The van der Waals surface area contributed by atoms with Crippen molar-refractivity contribution in [1.82, 2.24) is 29.9 Å². The number of nitrogens with one attached hydrogen (secondary N) is 1. The van der Waals surface area contributed by atoms with Crippen LogP contribution >= 0.6 is 0 Å². The highest BCUT2D eigenvalue weighted by Gasteiger charge is 2.32. The molecular weight excluding hydrogens is 304 g/mol. The lowest BCUT2D eigenvalue weighted by molar-refractivity contribution is 0.0599. The van der Waals surface area contributed by atoms with E-state index in [4.69, 9.17) is 0 Å². The van der Waals surface area contributed by atoms with Crippen LogP contribution in [0.2, 0.25) is 0 Å². The number of rotatable bonds is 5. The maximum atomic E-state index is 13.1. The molecule has 0 aromatic carbocycles. The molecule has 0 radical (unpaired) electrons. The summed E-state index contributed by atoms with van der Waals surface area (Å²) in [4.78, 5) is 19.3. The Hall–Kier alpha value is -2.18. The maximum Gasteiger partial charge on any atom is 0.257 e. The average molecular weight is 330 g/mol. The number of piperidine rings is 1. The first kappa shape index (κ1) is 16.7. The normalized spacial score (nSPS) is 18.3. The van der Waals surface area contributed by atoms with Crippen LogP contribution in [0, 0.1) is 6.92 Å². The zero-order valence-electron chi connectivity index (χ0n) is 14.7. The molecule has 1 atom stereocenters. The Labute approximate surface area is 142 Å². The molecule has 7 nitrogen and oxygen atoms in total. The van der Waals surface area contributed by atoms with Crippen LogP contribution < -0.4 is 0 Å². The molecule has 1 saturated heterocycles. The molecule has 3 heterocycles. The molecule has 24 heavy (non-hydrogen) atoms. The molecule has 2 aromatic heterocycles. The fourth-order valence-corrected chi connectivity index (χ4v) is 3.63. The minimum absolute atomic E-state index is 0.0235. The monoisotopic (exact) mass is 330 g/mol. The zero-order chi connectivity index (χ0) is 17.1. The minimum atomic E-state index is -0.0235. The van der Waals surface area contributed by atoms with E-state index < -0.39 is 0 Å². The van der Waals surface area contributed by atoms with Gasteiger partial charge in [-0.3, -0.25) is 14.6 Å². The van der Waals surface area contributed by atoms with Crippen molar-refractivity contribution in [2.45, 2.75) is 65.0 Å². The van der Waals surface area contributed by atoms with Gasteiger partial charge in [0.15, 0.2) is 0 Å². The number of likely N-dealkylation sites (tertiary alicyclic amines) is 1. The van der Waals surface area contributed by atoms with E-state index in [0.29, 0.717) is 11.6 Å². The van der Waals surface area contributed by atoms with Crippen LogP contribution in [0.25, 0.3) is 0 Å². The summed E-state index contributed by atoms with van der Waals surface area (Å²) in [5.74, 6) is 0.818. The number of amides is 1. The quantitative estimate of drug-likeness (QED) is 0.914. The van der Waals surface area contributed by atoms with E-state index in [-0.39, 0.29) is 11.9 Å². The van der Waals surface area contributed by atoms with Gasteiger partial charge in [0.2, 0.25) is 0 Å². The van der Waals surface area contributed by atoms with E-state index in [1.807, 2.05) is 16.5 Å². The van der Waals surface area contributed by atoms with Crippen molar-refractivity contribution in [3.63, 3.8) is 0 Å². The summed E-state index contributed by atoms with van der Waals surface area (Å²) < 4.78 is 2.00. The molecule has 1 amide bonds. The number of aromatic nitrogens is 5. The molecule has 0 spiro atoms. The fraction of sp³-hybridized carbons (Fsp3) is 0.647. The third-order valence-electron chi connectivity index (χ3n) is 5.08. The zero-order valence-corrected chi connectivity index (χ0v) is 14.7. The molecule has 0 saturated carbocycles. The van der Waals surface area contributed by atoms with Crippen LogP contribution in [-0.2, 0) is 0 Å². The summed E-state index contributed by atoms with van der Waals surface area (Å²) in [6.45, 7) is 7.05. The molecule has 3 rings (SSSR count). The van der Waals surface area contributed by atoms with Crippen LogP contribution in [0.3, 0.4) is 0 Å². The first-order valence-corrected chi connectivity index (χ1v) is 8.87. The third-order valence-corrected chi connectivity index (χ3v) is 5.08. The number of carbonyl (C=O) groups excluding carboxylic acids is 1. The van der Waals surface area contributed by atoms with Gasteiger partial charge in [0.05, 0.1) is 23.8 Å². The third kappa shape index (κ3) is 2.95. The highest BCUT2D eigenvalue weighted by molar-refractivity contribution is 5.95. The Morgan fingerprint density at radius 3 is 2.83 bits per heavy atom. The Morgan fingerprint density at radius 2 is 2.17 bits per heavy atom. The van der Waals surface area contributed by atoms with Crippen molar-refractivity contribution in [3.05, 3.63) is 29.6 Å². The van der Waals surface area contributed by atoms with E-state index >= 15 is 0 Å². The molecule has 130 valence electrons. The first-order chi connectivity index (χ1) is 11.7. The summed E-state index contributed by atoms with van der Waals surface area (Å²) in [5, 5.41) is 11.4. The second kappa shape index (κ2) is 7.15. The molecule has 0 unspecified atom stereocenters. The average Bonchev–Trinajstić information content (AvgIpc) is 3.26. The second-order valence-electron chi connectivity index (χ2n) is 6.44. The number of hydrogen-bond acceptors (Lipinski definition) is 4. The number of carbonyl (C=O) groups is 1. The molecule has 1 N–H and O–H groups in total. The van der Waals surface area contributed by atoms with Gasteiger partial charge in [-0.25, -0.2) is 4.98 Å². The summed E-state index contributed by atoms with van der Waals surface area (Å²) in [7, 11) is 0. The van der Waals surface area contributed by atoms with Crippen LogP contribution in [0.15, 0.2) is 12.5 Å². The number of nitrogens with zero attached hydrogens (tertiary/aromatic N) is 5.